The van der Waals surface area contributed by atoms with Crippen molar-refractivity contribution in [1.29, 1.82) is 0 Å². The molecule has 10 heteroatoms. The molecule has 204 valence electrons. The first-order valence-corrected chi connectivity index (χ1v) is 14.7. The van der Waals surface area contributed by atoms with Crippen molar-refractivity contribution in [3.8, 4) is 17.2 Å². The molecule has 0 radical (unpaired) electrons. The van der Waals surface area contributed by atoms with E-state index in [0.717, 1.165) is 17.7 Å². The number of nitrogens with zero attached hydrogens (tertiary/aromatic N) is 1. The summed E-state index contributed by atoms with van der Waals surface area (Å²) >= 11 is 1.61. The van der Waals surface area contributed by atoms with Gasteiger partial charge in [-0.05, 0) is 61.3 Å². The lowest BCUT2D eigenvalue weighted by atomic mass is 9.90. The molecule has 0 bridgehead atoms. The fourth-order valence-electron chi connectivity index (χ4n) is 4.52. The molecule has 3 atom stereocenters. The number of carboxylic acids is 1. The van der Waals surface area contributed by atoms with Crippen LogP contribution in [0.4, 0.5) is 0 Å². The SMILES string of the molecule is COc1cc([C@@H]2C[C@@H](SCCC(C)C)[C@H](C(=O)O)CN2S(=O)(=O)c2ccc(C)cc2)cc(OC)c1OC. The zero-order chi connectivity index (χ0) is 27.3. The number of hydrogen-bond donors (Lipinski definition) is 1. The molecule has 0 saturated carbocycles. The van der Waals surface area contributed by atoms with Crippen LogP contribution in [-0.4, -0.2) is 62.7 Å². The van der Waals surface area contributed by atoms with Gasteiger partial charge in [0, 0.05) is 11.8 Å². The highest BCUT2D eigenvalue weighted by molar-refractivity contribution is 7.99. The molecule has 2 aromatic carbocycles. The lowest BCUT2D eigenvalue weighted by molar-refractivity contribution is -0.143. The zero-order valence-corrected chi connectivity index (χ0v) is 23.9. The minimum absolute atomic E-state index is 0.130. The molecule has 1 saturated heterocycles. The highest BCUT2D eigenvalue weighted by atomic mass is 32.2. The van der Waals surface area contributed by atoms with Gasteiger partial charge >= 0.3 is 5.97 Å². The molecule has 0 aromatic heterocycles. The largest absolute Gasteiger partial charge is 0.493 e. The van der Waals surface area contributed by atoms with Gasteiger partial charge in [-0.3, -0.25) is 4.79 Å². The minimum atomic E-state index is -4.01. The van der Waals surface area contributed by atoms with Gasteiger partial charge in [-0.1, -0.05) is 31.5 Å². The second-order valence-corrected chi connectivity index (χ2v) is 12.9. The summed E-state index contributed by atoms with van der Waals surface area (Å²) < 4.78 is 45.7. The molecular weight excluding hydrogens is 514 g/mol. The van der Waals surface area contributed by atoms with E-state index >= 15 is 0 Å². The predicted octanol–water partition coefficient (Wildman–Crippen LogP) is 5.01. The average Bonchev–Trinajstić information content (AvgIpc) is 2.87. The molecule has 1 aliphatic heterocycles. The van der Waals surface area contributed by atoms with Gasteiger partial charge in [0.2, 0.25) is 15.8 Å². The van der Waals surface area contributed by atoms with Crippen LogP contribution < -0.4 is 14.2 Å². The van der Waals surface area contributed by atoms with Gasteiger partial charge in [0.1, 0.15) is 0 Å². The number of benzene rings is 2. The van der Waals surface area contributed by atoms with Crippen molar-refractivity contribution >= 4 is 27.8 Å². The van der Waals surface area contributed by atoms with Crippen molar-refractivity contribution in [1.82, 2.24) is 4.31 Å². The van der Waals surface area contributed by atoms with Crippen LogP contribution in [0, 0.1) is 18.8 Å². The molecule has 37 heavy (non-hydrogen) atoms. The highest BCUT2D eigenvalue weighted by Crippen LogP contribution is 2.46. The minimum Gasteiger partial charge on any atom is -0.493 e. The number of aliphatic carboxylic acids is 1. The Morgan fingerprint density at radius 1 is 1.08 bits per heavy atom. The number of carboxylic acid groups (broad SMARTS) is 1. The van der Waals surface area contributed by atoms with E-state index in [1.54, 1.807) is 48.2 Å². The van der Waals surface area contributed by atoms with Crippen LogP contribution in [0.15, 0.2) is 41.3 Å². The molecule has 0 spiro atoms. The molecule has 3 rings (SSSR count). The third-order valence-corrected chi connectivity index (χ3v) is 9.98. The Bertz CT molecular complexity index is 1160. The number of rotatable bonds is 11. The van der Waals surface area contributed by atoms with Gasteiger partial charge in [0.15, 0.2) is 11.5 Å². The molecule has 8 nitrogen and oxygen atoms in total. The van der Waals surface area contributed by atoms with E-state index in [9.17, 15) is 18.3 Å². The fourth-order valence-corrected chi connectivity index (χ4v) is 7.84. The summed E-state index contributed by atoms with van der Waals surface area (Å²) in [6, 6.07) is 9.50. The van der Waals surface area contributed by atoms with Crippen LogP contribution in [0.1, 0.15) is 43.9 Å². The van der Waals surface area contributed by atoms with Crippen LogP contribution in [0.2, 0.25) is 0 Å². The summed E-state index contributed by atoms with van der Waals surface area (Å²) in [5, 5.41) is 9.85. The van der Waals surface area contributed by atoms with E-state index in [1.807, 2.05) is 6.92 Å². The van der Waals surface area contributed by atoms with Gasteiger partial charge in [0.05, 0.1) is 38.2 Å². The van der Waals surface area contributed by atoms with Crippen LogP contribution in [0.25, 0.3) is 0 Å². The van der Waals surface area contributed by atoms with E-state index < -0.39 is 28.0 Å². The van der Waals surface area contributed by atoms with Crippen molar-refractivity contribution in [2.75, 3.05) is 33.6 Å². The van der Waals surface area contributed by atoms with E-state index in [-0.39, 0.29) is 16.7 Å². The number of hydrogen-bond acceptors (Lipinski definition) is 7. The summed E-state index contributed by atoms with van der Waals surface area (Å²) in [5.74, 6) is 0.694. The molecule has 2 aromatic rings. The maximum Gasteiger partial charge on any atom is 0.308 e. The summed E-state index contributed by atoms with van der Waals surface area (Å²) in [5.41, 5.74) is 1.59. The standard InChI is InChI=1S/C27H37NO7S2/c1-17(2)11-12-36-25-15-22(19-13-23(33-4)26(35-6)24(14-19)34-5)28(16-21(25)27(29)30)37(31,32)20-9-7-18(3)8-10-20/h7-10,13-14,17,21-22,25H,11-12,15-16H2,1-6H3,(H,29,30)/t21-,22+,25-/m1/s1. The fraction of sp³-hybridized carbons (Fsp3) is 0.519. The second-order valence-electron chi connectivity index (χ2n) is 9.63. The van der Waals surface area contributed by atoms with Crippen molar-refractivity contribution in [2.45, 2.75) is 49.8 Å². The van der Waals surface area contributed by atoms with Crippen LogP contribution >= 0.6 is 11.8 Å². The van der Waals surface area contributed by atoms with Crippen LogP contribution in [-0.2, 0) is 14.8 Å². The normalized spacial score (nSPS) is 20.6. The first-order valence-electron chi connectivity index (χ1n) is 12.3. The Balaban J connectivity index is 2.13. The Labute approximate surface area is 224 Å². The number of carbonyl (C=O) groups is 1. The molecular formula is C27H37NO7S2. The molecule has 0 aliphatic carbocycles. The topological polar surface area (TPSA) is 102 Å². The highest BCUT2D eigenvalue weighted by Gasteiger charge is 2.45. The number of ether oxygens (including phenoxy) is 3. The molecule has 0 unspecified atom stereocenters. The van der Waals surface area contributed by atoms with Crippen molar-refractivity contribution in [3.05, 3.63) is 47.5 Å². The van der Waals surface area contributed by atoms with Gasteiger partial charge in [-0.2, -0.15) is 16.1 Å². The first-order chi connectivity index (χ1) is 17.5. The Morgan fingerprint density at radius 2 is 1.68 bits per heavy atom. The smallest absolute Gasteiger partial charge is 0.308 e. The van der Waals surface area contributed by atoms with Gasteiger partial charge in [-0.25, -0.2) is 8.42 Å². The van der Waals surface area contributed by atoms with Crippen LogP contribution in [0.3, 0.4) is 0 Å². The maximum atomic E-state index is 13.9. The predicted molar refractivity (Wildman–Crippen MR) is 145 cm³/mol. The summed E-state index contributed by atoms with van der Waals surface area (Å²) in [6.45, 7) is 6.01. The third kappa shape index (κ3) is 6.53. The quantitative estimate of drug-likeness (QED) is 0.416. The Kier molecular flexibility index (Phi) is 9.77. The zero-order valence-electron chi connectivity index (χ0n) is 22.3. The van der Waals surface area contributed by atoms with Crippen molar-refractivity contribution < 1.29 is 32.5 Å². The third-order valence-electron chi connectivity index (χ3n) is 6.67. The van der Waals surface area contributed by atoms with E-state index in [2.05, 4.69) is 13.8 Å². The maximum absolute atomic E-state index is 13.9. The first kappa shape index (κ1) is 29.1. The average molecular weight is 552 g/mol. The van der Waals surface area contributed by atoms with Gasteiger partial charge in [0.25, 0.3) is 0 Å². The van der Waals surface area contributed by atoms with Crippen molar-refractivity contribution in [2.24, 2.45) is 11.8 Å². The van der Waals surface area contributed by atoms with E-state index in [1.165, 1.54) is 25.6 Å². The molecule has 1 aliphatic rings. The lowest BCUT2D eigenvalue weighted by Gasteiger charge is -2.42. The molecule has 1 fully saturated rings. The van der Waals surface area contributed by atoms with E-state index in [4.69, 9.17) is 14.2 Å². The Morgan fingerprint density at radius 3 is 2.16 bits per heavy atom. The van der Waals surface area contributed by atoms with Crippen molar-refractivity contribution in [3.63, 3.8) is 0 Å². The number of aryl methyl sites for hydroxylation is 1. The monoisotopic (exact) mass is 551 g/mol. The lowest BCUT2D eigenvalue weighted by Crippen LogP contribution is -2.49. The van der Waals surface area contributed by atoms with E-state index in [0.29, 0.717) is 35.2 Å². The second kappa shape index (κ2) is 12.4. The number of thioether (sulfide) groups is 1. The van der Waals surface area contributed by atoms with Gasteiger partial charge < -0.3 is 19.3 Å². The number of piperidine rings is 1. The van der Waals surface area contributed by atoms with Gasteiger partial charge in [-0.15, -0.1) is 0 Å². The summed E-state index contributed by atoms with van der Waals surface area (Å²) in [7, 11) is 0.516. The Hall–Kier alpha value is -2.43. The molecule has 1 N–H and O–H groups in total. The number of methoxy groups -OCH3 is 3. The van der Waals surface area contributed by atoms with Crippen LogP contribution in [0.5, 0.6) is 17.2 Å². The molecule has 1 heterocycles. The summed E-state index contributed by atoms with van der Waals surface area (Å²) in [6.07, 6.45) is 1.29. The summed E-state index contributed by atoms with van der Waals surface area (Å²) in [4.78, 5) is 12.5. The molecule has 0 amide bonds. The number of sulfonamides is 1.